The van der Waals surface area contributed by atoms with Crippen LogP contribution in [0, 0.1) is 5.92 Å². The van der Waals surface area contributed by atoms with Crippen LogP contribution < -0.4 is 0 Å². The number of benzene rings is 1. The molecule has 1 aromatic carbocycles. The molecule has 1 aliphatic rings. The van der Waals surface area contributed by atoms with Crippen LogP contribution in [0.2, 0.25) is 0 Å². The van der Waals surface area contributed by atoms with Gasteiger partial charge in [0, 0.05) is 13.1 Å². The summed E-state index contributed by atoms with van der Waals surface area (Å²) in [5.74, 6) is -1.50. The van der Waals surface area contributed by atoms with Crippen molar-refractivity contribution in [1.82, 2.24) is 4.31 Å². The molecule has 0 bridgehead atoms. The molecule has 0 N–H and O–H groups in total. The normalized spacial score (nSPS) is 19.5. The molecular weight excluding hydrogens is 416 g/mol. The van der Waals surface area contributed by atoms with E-state index in [0.29, 0.717) is 10.7 Å². The molecular formula is C16H17F6NO4S. The van der Waals surface area contributed by atoms with Gasteiger partial charge in [-0.1, -0.05) is 0 Å². The highest BCUT2D eigenvalue weighted by atomic mass is 32.2. The lowest BCUT2D eigenvalue weighted by atomic mass is 10.0. The van der Waals surface area contributed by atoms with Gasteiger partial charge in [-0.2, -0.15) is 30.6 Å². The predicted molar refractivity (Wildman–Crippen MR) is 84.6 cm³/mol. The minimum atomic E-state index is -5.17. The highest BCUT2D eigenvalue weighted by Crippen LogP contribution is 2.38. The Morgan fingerprint density at radius 3 is 2.11 bits per heavy atom. The van der Waals surface area contributed by atoms with Crippen molar-refractivity contribution in [1.29, 1.82) is 0 Å². The molecule has 2 rings (SSSR count). The second kappa shape index (κ2) is 7.90. The summed E-state index contributed by atoms with van der Waals surface area (Å²) in [7, 11) is -4.68. The summed E-state index contributed by atoms with van der Waals surface area (Å²) in [6, 6.07) is 0.188. The summed E-state index contributed by atoms with van der Waals surface area (Å²) >= 11 is 0. The lowest BCUT2D eigenvalue weighted by Crippen LogP contribution is -2.42. The summed E-state index contributed by atoms with van der Waals surface area (Å²) < 4.78 is 109. The van der Waals surface area contributed by atoms with Crippen LogP contribution in [0.1, 0.15) is 30.9 Å². The summed E-state index contributed by atoms with van der Waals surface area (Å²) in [6.07, 6.45) is -9.81. The zero-order chi connectivity index (χ0) is 21.3. The number of hydrogen-bond acceptors (Lipinski definition) is 4. The number of ether oxygens (including phenoxy) is 1. The van der Waals surface area contributed by atoms with E-state index in [9.17, 15) is 39.6 Å². The lowest BCUT2D eigenvalue weighted by molar-refractivity contribution is -0.149. The van der Waals surface area contributed by atoms with Gasteiger partial charge in [0.05, 0.1) is 28.5 Å². The Bertz CT molecular complexity index is 802. The molecule has 1 aliphatic heterocycles. The molecule has 1 fully saturated rings. The average Bonchev–Trinajstić information content (AvgIpc) is 2.60. The molecule has 1 heterocycles. The number of nitrogens with zero attached hydrogens (tertiary/aromatic N) is 1. The van der Waals surface area contributed by atoms with E-state index >= 15 is 0 Å². The van der Waals surface area contributed by atoms with E-state index in [1.807, 2.05) is 0 Å². The first-order valence-electron chi connectivity index (χ1n) is 8.23. The average molecular weight is 433 g/mol. The van der Waals surface area contributed by atoms with E-state index in [1.165, 1.54) is 0 Å². The molecule has 0 radical (unpaired) electrons. The quantitative estimate of drug-likeness (QED) is 0.537. The fourth-order valence-corrected chi connectivity index (χ4v) is 4.43. The summed E-state index contributed by atoms with van der Waals surface area (Å²) in [5, 5.41) is 0. The smallest absolute Gasteiger partial charge is 0.416 e. The number of esters is 1. The van der Waals surface area contributed by atoms with Crippen LogP contribution in [0.3, 0.4) is 0 Å². The minimum Gasteiger partial charge on any atom is -0.466 e. The standard InChI is InChI=1S/C16H17F6NO4S/c1-2-27-14(24)10-4-3-5-23(9-10)28(25,26)13-7-11(15(17,18)19)6-12(8-13)16(20,21)22/h6-8,10H,2-5,9H2,1H3. The van der Waals surface area contributed by atoms with Gasteiger partial charge in [0.2, 0.25) is 10.0 Å². The van der Waals surface area contributed by atoms with Crippen molar-refractivity contribution in [2.45, 2.75) is 37.0 Å². The van der Waals surface area contributed by atoms with Gasteiger partial charge in [0.1, 0.15) is 0 Å². The van der Waals surface area contributed by atoms with Crippen LogP contribution in [-0.2, 0) is 31.9 Å². The Hall–Kier alpha value is -1.82. The van der Waals surface area contributed by atoms with Gasteiger partial charge in [0.15, 0.2) is 0 Å². The molecule has 28 heavy (non-hydrogen) atoms. The van der Waals surface area contributed by atoms with Gasteiger partial charge in [0.25, 0.3) is 0 Å². The van der Waals surface area contributed by atoms with Gasteiger partial charge >= 0.3 is 18.3 Å². The number of carbonyl (C=O) groups is 1. The van der Waals surface area contributed by atoms with Crippen LogP contribution >= 0.6 is 0 Å². The van der Waals surface area contributed by atoms with Crippen LogP contribution in [0.25, 0.3) is 0 Å². The van der Waals surface area contributed by atoms with Gasteiger partial charge in [-0.3, -0.25) is 4.79 Å². The Kier molecular flexibility index (Phi) is 6.34. The van der Waals surface area contributed by atoms with Gasteiger partial charge < -0.3 is 4.74 Å². The highest BCUT2D eigenvalue weighted by Gasteiger charge is 2.40. The van der Waals surface area contributed by atoms with E-state index < -0.39 is 50.3 Å². The molecule has 158 valence electrons. The predicted octanol–water partition coefficient (Wildman–Crippen LogP) is 3.69. The highest BCUT2D eigenvalue weighted by molar-refractivity contribution is 7.89. The van der Waals surface area contributed by atoms with E-state index in [0.717, 1.165) is 0 Å². The maximum Gasteiger partial charge on any atom is 0.416 e. The van der Waals surface area contributed by atoms with E-state index in [1.54, 1.807) is 6.92 Å². The van der Waals surface area contributed by atoms with Crippen molar-refractivity contribution >= 4 is 16.0 Å². The van der Waals surface area contributed by atoms with E-state index in [-0.39, 0.29) is 44.3 Å². The third kappa shape index (κ3) is 4.96. The number of carbonyl (C=O) groups excluding carboxylic acids is 1. The van der Waals surface area contributed by atoms with Gasteiger partial charge in [-0.25, -0.2) is 8.42 Å². The van der Waals surface area contributed by atoms with Crippen LogP contribution in [0.4, 0.5) is 26.3 Å². The molecule has 5 nitrogen and oxygen atoms in total. The van der Waals surface area contributed by atoms with Crippen molar-refractivity contribution in [3.63, 3.8) is 0 Å². The van der Waals surface area contributed by atoms with Crippen molar-refractivity contribution in [3.8, 4) is 0 Å². The molecule has 0 spiro atoms. The summed E-state index contributed by atoms with van der Waals surface area (Å²) in [5.41, 5.74) is -3.44. The topological polar surface area (TPSA) is 63.7 Å². The number of hydrogen-bond donors (Lipinski definition) is 0. The van der Waals surface area contributed by atoms with Gasteiger partial charge in [-0.05, 0) is 38.0 Å². The van der Waals surface area contributed by atoms with Gasteiger partial charge in [-0.15, -0.1) is 0 Å². The number of rotatable bonds is 4. The van der Waals surface area contributed by atoms with Crippen LogP contribution in [0.5, 0.6) is 0 Å². The summed E-state index contributed by atoms with van der Waals surface area (Å²) in [4.78, 5) is 10.7. The molecule has 0 aliphatic carbocycles. The Morgan fingerprint density at radius 1 is 1.11 bits per heavy atom. The fraction of sp³-hybridized carbons (Fsp3) is 0.562. The second-order valence-electron chi connectivity index (χ2n) is 6.20. The lowest BCUT2D eigenvalue weighted by Gasteiger charge is -2.31. The maximum atomic E-state index is 13.0. The first kappa shape index (κ1) is 22.5. The Labute approximate surface area is 157 Å². The van der Waals surface area contributed by atoms with E-state index in [2.05, 4.69) is 0 Å². The van der Waals surface area contributed by atoms with Crippen molar-refractivity contribution in [3.05, 3.63) is 29.3 Å². The molecule has 1 saturated heterocycles. The van der Waals surface area contributed by atoms with E-state index in [4.69, 9.17) is 4.74 Å². The third-order valence-electron chi connectivity index (χ3n) is 4.20. The second-order valence-corrected chi connectivity index (χ2v) is 8.13. The largest absolute Gasteiger partial charge is 0.466 e. The molecule has 1 aromatic rings. The van der Waals surface area contributed by atoms with Crippen LogP contribution in [-0.4, -0.2) is 38.4 Å². The molecule has 1 unspecified atom stereocenters. The molecule has 1 atom stereocenters. The fourth-order valence-electron chi connectivity index (χ4n) is 2.84. The van der Waals surface area contributed by atoms with Crippen molar-refractivity contribution < 1.29 is 44.3 Å². The number of sulfonamides is 1. The Balaban J connectivity index is 2.45. The monoisotopic (exact) mass is 433 g/mol. The molecule has 0 aromatic heterocycles. The maximum absolute atomic E-state index is 13.0. The Morgan fingerprint density at radius 2 is 1.64 bits per heavy atom. The molecule has 0 amide bonds. The number of halogens is 6. The zero-order valence-corrected chi connectivity index (χ0v) is 15.4. The molecule has 0 saturated carbocycles. The number of alkyl halides is 6. The first-order chi connectivity index (χ1) is 12.8. The van der Waals surface area contributed by atoms with Crippen LogP contribution in [0.15, 0.2) is 23.1 Å². The summed E-state index contributed by atoms with van der Waals surface area (Å²) in [6.45, 7) is 1.11. The number of piperidine rings is 1. The van der Waals surface area contributed by atoms with Crippen molar-refractivity contribution in [2.75, 3.05) is 19.7 Å². The molecule has 12 heteroatoms. The minimum absolute atomic E-state index is 0.0602. The van der Waals surface area contributed by atoms with Crippen molar-refractivity contribution in [2.24, 2.45) is 5.92 Å². The third-order valence-corrected chi connectivity index (χ3v) is 6.05. The first-order valence-corrected chi connectivity index (χ1v) is 9.67. The SMILES string of the molecule is CCOC(=O)C1CCCN(S(=O)(=O)c2cc(C(F)(F)F)cc(C(F)(F)F)c2)C1. The zero-order valence-electron chi connectivity index (χ0n) is 14.6.